The van der Waals surface area contributed by atoms with Gasteiger partial charge in [0.1, 0.15) is 5.75 Å². The summed E-state index contributed by atoms with van der Waals surface area (Å²) in [4.78, 5) is 11.2. The molecule has 1 heterocycles. The number of ether oxygens (including phenoxy) is 1. The Hall–Kier alpha value is -2.14. The molecule has 0 saturated carbocycles. The molecule has 2 aromatic carbocycles. The summed E-state index contributed by atoms with van der Waals surface area (Å²) in [6, 6.07) is 14.2. The standard InChI is InChI=1S/C18H21N3OS/c1-12(2)22-13-9-10-16(21(3)4)17(11-13)23-18-19-14-7-5-6-8-15(14)20-18/h5-12H,1-4H3,(H,19,20). The number of benzene rings is 2. The van der Waals surface area contributed by atoms with Gasteiger partial charge < -0.3 is 14.6 Å². The number of fused-ring (bicyclic) bond motifs is 1. The first-order valence-electron chi connectivity index (χ1n) is 7.63. The lowest BCUT2D eigenvalue weighted by Crippen LogP contribution is -2.11. The van der Waals surface area contributed by atoms with E-state index in [0.717, 1.165) is 32.5 Å². The highest BCUT2D eigenvalue weighted by Crippen LogP contribution is 2.37. The summed E-state index contributed by atoms with van der Waals surface area (Å²) >= 11 is 1.62. The lowest BCUT2D eigenvalue weighted by Gasteiger charge is -2.18. The smallest absolute Gasteiger partial charge is 0.171 e. The molecule has 4 nitrogen and oxygen atoms in total. The van der Waals surface area contributed by atoms with Gasteiger partial charge in [0, 0.05) is 19.0 Å². The summed E-state index contributed by atoms with van der Waals surface area (Å²) in [5.41, 5.74) is 3.18. The molecule has 0 spiro atoms. The van der Waals surface area contributed by atoms with Crippen molar-refractivity contribution in [2.24, 2.45) is 0 Å². The molecular weight excluding hydrogens is 306 g/mol. The van der Waals surface area contributed by atoms with Crippen molar-refractivity contribution in [3.8, 4) is 5.75 Å². The Morgan fingerprint density at radius 3 is 2.61 bits per heavy atom. The molecule has 0 aliphatic carbocycles. The number of hydrogen-bond acceptors (Lipinski definition) is 4. The van der Waals surface area contributed by atoms with Gasteiger partial charge in [0.2, 0.25) is 0 Å². The van der Waals surface area contributed by atoms with Crippen molar-refractivity contribution in [3.05, 3.63) is 42.5 Å². The van der Waals surface area contributed by atoms with Crippen LogP contribution in [-0.4, -0.2) is 30.2 Å². The Morgan fingerprint density at radius 2 is 1.91 bits per heavy atom. The molecule has 0 bridgehead atoms. The van der Waals surface area contributed by atoms with Crippen LogP contribution in [0.1, 0.15) is 13.8 Å². The van der Waals surface area contributed by atoms with E-state index in [2.05, 4.69) is 27.0 Å². The van der Waals surface area contributed by atoms with E-state index in [-0.39, 0.29) is 6.10 Å². The number of aromatic nitrogens is 2. The highest BCUT2D eigenvalue weighted by atomic mass is 32.2. The zero-order valence-corrected chi connectivity index (χ0v) is 14.6. The van der Waals surface area contributed by atoms with Gasteiger partial charge in [-0.3, -0.25) is 0 Å². The average Bonchev–Trinajstić information content (AvgIpc) is 2.88. The third kappa shape index (κ3) is 3.62. The van der Waals surface area contributed by atoms with E-state index in [1.165, 1.54) is 0 Å². The number of para-hydroxylation sites is 2. The van der Waals surface area contributed by atoms with Crippen molar-refractivity contribution < 1.29 is 4.74 Å². The fourth-order valence-corrected chi connectivity index (χ4v) is 3.42. The largest absolute Gasteiger partial charge is 0.491 e. The van der Waals surface area contributed by atoms with Crippen LogP contribution in [0, 0.1) is 0 Å². The maximum absolute atomic E-state index is 5.82. The van der Waals surface area contributed by atoms with Crippen molar-refractivity contribution in [2.75, 3.05) is 19.0 Å². The van der Waals surface area contributed by atoms with E-state index in [1.54, 1.807) is 11.8 Å². The molecule has 1 aromatic heterocycles. The van der Waals surface area contributed by atoms with Crippen LogP contribution in [0.3, 0.4) is 0 Å². The molecule has 0 atom stereocenters. The maximum Gasteiger partial charge on any atom is 0.171 e. The van der Waals surface area contributed by atoms with E-state index >= 15 is 0 Å². The number of aromatic amines is 1. The number of rotatable bonds is 5. The Morgan fingerprint density at radius 1 is 1.13 bits per heavy atom. The molecule has 3 rings (SSSR count). The number of H-pyrrole nitrogens is 1. The van der Waals surface area contributed by atoms with Crippen LogP contribution in [0.25, 0.3) is 11.0 Å². The number of nitrogens with zero attached hydrogens (tertiary/aromatic N) is 2. The average molecular weight is 327 g/mol. The second-order valence-electron chi connectivity index (χ2n) is 5.85. The molecule has 0 aliphatic rings. The molecule has 1 N–H and O–H groups in total. The number of hydrogen-bond donors (Lipinski definition) is 1. The van der Waals surface area contributed by atoms with E-state index in [4.69, 9.17) is 4.74 Å². The van der Waals surface area contributed by atoms with Crippen molar-refractivity contribution in [1.82, 2.24) is 9.97 Å². The minimum Gasteiger partial charge on any atom is -0.491 e. The van der Waals surface area contributed by atoms with E-state index < -0.39 is 0 Å². The summed E-state index contributed by atoms with van der Waals surface area (Å²) in [5.74, 6) is 0.879. The third-order valence-corrected chi connectivity index (χ3v) is 4.29. The topological polar surface area (TPSA) is 41.1 Å². The lowest BCUT2D eigenvalue weighted by molar-refractivity contribution is 0.242. The fraction of sp³-hybridized carbons (Fsp3) is 0.278. The van der Waals surface area contributed by atoms with Crippen LogP contribution in [0.4, 0.5) is 5.69 Å². The molecule has 0 saturated heterocycles. The Bertz CT molecular complexity index is 778. The van der Waals surface area contributed by atoms with Crippen molar-refractivity contribution >= 4 is 28.5 Å². The van der Waals surface area contributed by atoms with E-state index in [9.17, 15) is 0 Å². The summed E-state index contributed by atoms with van der Waals surface area (Å²) in [6.45, 7) is 4.07. The predicted molar refractivity (Wildman–Crippen MR) is 96.7 cm³/mol. The van der Waals surface area contributed by atoms with Crippen LogP contribution in [-0.2, 0) is 0 Å². The van der Waals surface area contributed by atoms with Crippen LogP contribution >= 0.6 is 11.8 Å². The molecule has 0 fully saturated rings. The molecule has 120 valence electrons. The summed E-state index contributed by atoms with van der Waals surface area (Å²) in [5, 5.41) is 0.885. The quantitative estimate of drug-likeness (QED) is 0.745. The highest BCUT2D eigenvalue weighted by Gasteiger charge is 2.12. The molecule has 23 heavy (non-hydrogen) atoms. The minimum absolute atomic E-state index is 0.157. The van der Waals surface area contributed by atoms with E-state index in [0.29, 0.717) is 0 Å². The normalized spacial score (nSPS) is 11.2. The van der Waals surface area contributed by atoms with Gasteiger partial charge in [-0.25, -0.2) is 4.98 Å². The van der Waals surface area contributed by atoms with Crippen LogP contribution < -0.4 is 9.64 Å². The minimum atomic E-state index is 0.157. The van der Waals surface area contributed by atoms with Gasteiger partial charge in [0.05, 0.1) is 22.8 Å². The Labute approximate surface area is 140 Å². The number of anilines is 1. The van der Waals surface area contributed by atoms with Gasteiger partial charge in [-0.2, -0.15) is 0 Å². The number of nitrogens with one attached hydrogen (secondary N) is 1. The van der Waals surface area contributed by atoms with Gasteiger partial charge in [-0.05, 0) is 55.9 Å². The SMILES string of the molecule is CC(C)Oc1ccc(N(C)C)c(Sc2nc3ccccc3[nH]2)c1. The second-order valence-corrected chi connectivity index (χ2v) is 6.88. The van der Waals surface area contributed by atoms with Gasteiger partial charge in [-0.1, -0.05) is 12.1 Å². The lowest BCUT2D eigenvalue weighted by atomic mass is 10.3. The monoisotopic (exact) mass is 327 g/mol. The molecule has 3 aromatic rings. The van der Waals surface area contributed by atoms with Crippen molar-refractivity contribution in [1.29, 1.82) is 0 Å². The molecule has 5 heteroatoms. The highest BCUT2D eigenvalue weighted by molar-refractivity contribution is 7.99. The zero-order chi connectivity index (χ0) is 16.4. The second kappa shape index (κ2) is 6.54. The molecular formula is C18H21N3OS. The summed E-state index contributed by atoms with van der Waals surface area (Å²) in [6.07, 6.45) is 0.157. The van der Waals surface area contributed by atoms with Crippen LogP contribution in [0.15, 0.2) is 52.5 Å². The third-order valence-electron chi connectivity index (χ3n) is 3.36. The first-order valence-corrected chi connectivity index (χ1v) is 8.45. The number of imidazole rings is 1. The first kappa shape index (κ1) is 15.7. The van der Waals surface area contributed by atoms with Gasteiger partial charge in [0.15, 0.2) is 5.16 Å². The van der Waals surface area contributed by atoms with E-state index in [1.807, 2.05) is 58.3 Å². The van der Waals surface area contributed by atoms with Crippen molar-refractivity contribution in [3.63, 3.8) is 0 Å². The predicted octanol–water partition coefficient (Wildman–Crippen LogP) is 4.57. The summed E-state index contributed by atoms with van der Waals surface area (Å²) in [7, 11) is 4.09. The Kier molecular flexibility index (Phi) is 4.48. The zero-order valence-electron chi connectivity index (χ0n) is 13.8. The van der Waals surface area contributed by atoms with Gasteiger partial charge >= 0.3 is 0 Å². The molecule has 0 amide bonds. The van der Waals surface area contributed by atoms with Crippen molar-refractivity contribution in [2.45, 2.75) is 30.0 Å². The fourth-order valence-electron chi connectivity index (χ4n) is 2.37. The molecule has 0 aliphatic heterocycles. The summed E-state index contributed by atoms with van der Waals surface area (Å²) < 4.78 is 5.82. The van der Waals surface area contributed by atoms with Gasteiger partial charge in [0.25, 0.3) is 0 Å². The Balaban J connectivity index is 1.95. The molecule has 0 radical (unpaired) electrons. The van der Waals surface area contributed by atoms with Gasteiger partial charge in [-0.15, -0.1) is 0 Å². The van der Waals surface area contributed by atoms with Crippen LogP contribution in [0.5, 0.6) is 5.75 Å². The first-order chi connectivity index (χ1) is 11.0. The van der Waals surface area contributed by atoms with Crippen LogP contribution in [0.2, 0.25) is 0 Å². The molecule has 0 unspecified atom stereocenters. The maximum atomic E-state index is 5.82.